The van der Waals surface area contributed by atoms with E-state index >= 15 is 0 Å². The lowest BCUT2D eigenvalue weighted by molar-refractivity contribution is -0.145. The third-order valence-corrected chi connectivity index (χ3v) is 3.52. The van der Waals surface area contributed by atoms with Gasteiger partial charge in [-0.25, -0.2) is 0 Å². The molecule has 2 rings (SSSR count). The highest BCUT2D eigenvalue weighted by atomic mass is 16.5. The quantitative estimate of drug-likeness (QED) is 0.775. The second kappa shape index (κ2) is 6.75. The molecule has 4 nitrogen and oxygen atoms in total. The highest BCUT2D eigenvalue weighted by molar-refractivity contribution is 5.77. The Hall–Kier alpha value is -1.55. The van der Waals surface area contributed by atoms with Gasteiger partial charge in [0.05, 0.1) is 6.61 Å². The normalized spacial score (nSPS) is 15.8. The van der Waals surface area contributed by atoms with Crippen molar-refractivity contribution < 1.29 is 9.53 Å². The van der Waals surface area contributed by atoms with Crippen molar-refractivity contribution in [1.82, 2.24) is 5.32 Å². The lowest BCUT2D eigenvalue weighted by atomic mass is 10.2. The molecular weight excluding hydrogens is 252 g/mol. The minimum absolute atomic E-state index is 0.154. The van der Waals surface area contributed by atoms with Crippen LogP contribution in [0.15, 0.2) is 24.3 Å². The number of carbonyl (C=O) groups excluding carboxylic acids is 1. The number of likely N-dealkylation sites (N-methyl/N-ethyl adjacent to an activating group) is 1. The van der Waals surface area contributed by atoms with Crippen LogP contribution in [0.5, 0.6) is 0 Å². The molecule has 1 aromatic rings. The van der Waals surface area contributed by atoms with Crippen LogP contribution in [0.4, 0.5) is 5.69 Å². The third kappa shape index (κ3) is 4.23. The number of hydrogen-bond donors (Lipinski definition) is 1. The number of aryl methyl sites for hydroxylation is 1. The smallest absolute Gasteiger partial charge is 0.324 e. The fourth-order valence-electron chi connectivity index (χ4n) is 2.15. The molecule has 0 saturated heterocycles. The van der Waals surface area contributed by atoms with Crippen LogP contribution in [0.1, 0.15) is 25.3 Å². The van der Waals surface area contributed by atoms with Crippen LogP contribution in [0.3, 0.4) is 0 Å². The second-order valence-electron chi connectivity index (χ2n) is 5.46. The Bertz CT molecular complexity index is 440. The summed E-state index contributed by atoms with van der Waals surface area (Å²) in [5.41, 5.74) is 2.35. The molecule has 1 N–H and O–H groups in total. The molecule has 1 saturated carbocycles. The monoisotopic (exact) mass is 276 g/mol. The molecular formula is C16H24N2O2. The molecule has 1 aromatic carbocycles. The summed E-state index contributed by atoms with van der Waals surface area (Å²) in [6.07, 6.45) is 2.31. The van der Waals surface area contributed by atoms with Crippen molar-refractivity contribution >= 4 is 11.7 Å². The SMILES string of the molecule is CCOC(=O)C(CN(C)c1ccc(C)cc1)NC1CC1. The van der Waals surface area contributed by atoms with Gasteiger partial charge >= 0.3 is 5.97 Å². The van der Waals surface area contributed by atoms with Crippen LogP contribution < -0.4 is 10.2 Å². The molecule has 0 bridgehead atoms. The van der Waals surface area contributed by atoms with E-state index in [1.165, 1.54) is 5.56 Å². The summed E-state index contributed by atoms with van der Waals surface area (Å²) in [5, 5.41) is 3.37. The Balaban J connectivity index is 1.98. The average molecular weight is 276 g/mol. The van der Waals surface area contributed by atoms with Gasteiger partial charge < -0.3 is 15.0 Å². The topological polar surface area (TPSA) is 41.6 Å². The Kier molecular flexibility index (Phi) is 5.01. The Morgan fingerprint density at radius 3 is 2.60 bits per heavy atom. The van der Waals surface area contributed by atoms with E-state index in [1.807, 2.05) is 14.0 Å². The van der Waals surface area contributed by atoms with E-state index < -0.39 is 0 Å². The second-order valence-corrected chi connectivity index (χ2v) is 5.46. The number of esters is 1. The summed E-state index contributed by atoms with van der Waals surface area (Å²) in [5.74, 6) is -0.154. The van der Waals surface area contributed by atoms with Crippen molar-refractivity contribution in [2.45, 2.75) is 38.8 Å². The number of anilines is 1. The molecule has 1 aliphatic carbocycles. The van der Waals surface area contributed by atoms with E-state index in [0.29, 0.717) is 19.2 Å². The van der Waals surface area contributed by atoms with Crippen LogP contribution in [0.2, 0.25) is 0 Å². The molecule has 0 aliphatic heterocycles. The summed E-state index contributed by atoms with van der Waals surface area (Å²) in [6, 6.07) is 8.55. The van der Waals surface area contributed by atoms with Crippen molar-refractivity contribution in [3.8, 4) is 0 Å². The number of carbonyl (C=O) groups is 1. The van der Waals surface area contributed by atoms with Gasteiger partial charge in [-0.1, -0.05) is 17.7 Å². The van der Waals surface area contributed by atoms with Crippen molar-refractivity contribution in [2.24, 2.45) is 0 Å². The Morgan fingerprint density at radius 2 is 2.05 bits per heavy atom. The van der Waals surface area contributed by atoms with Crippen molar-refractivity contribution in [2.75, 3.05) is 25.1 Å². The predicted octanol–water partition coefficient (Wildman–Crippen LogP) is 2.11. The molecule has 0 amide bonds. The summed E-state index contributed by atoms with van der Waals surface area (Å²) in [6.45, 7) is 4.96. The maximum absolute atomic E-state index is 12.0. The van der Waals surface area contributed by atoms with Crippen LogP contribution >= 0.6 is 0 Å². The maximum Gasteiger partial charge on any atom is 0.324 e. The summed E-state index contributed by atoms with van der Waals surface area (Å²) in [7, 11) is 2.01. The van der Waals surface area contributed by atoms with Gasteiger partial charge in [0.1, 0.15) is 6.04 Å². The molecule has 0 spiro atoms. The van der Waals surface area contributed by atoms with Gasteiger partial charge in [-0.05, 0) is 38.8 Å². The highest BCUT2D eigenvalue weighted by Crippen LogP contribution is 2.20. The largest absolute Gasteiger partial charge is 0.465 e. The zero-order valence-electron chi connectivity index (χ0n) is 12.6. The molecule has 0 heterocycles. The number of rotatable bonds is 7. The standard InChI is InChI=1S/C16H24N2O2/c1-4-20-16(19)15(17-13-7-8-13)11-18(3)14-9-5-12(2)6-10-14/h5-6,9-10,13,15,17H,4,7-8,11H2,1-3H3. The number of ether oxygens (including phenoxy) is 1. The van der Waals surface area contributed by atoms with Crippen molar-refractivity contribution in [1.29, 1.82) is 0 Å². The van der Waals surface area contributed by atoms with Gasteiger partial charge in [-0.15, -0.1) is 0 Å². The number of hydrogen-bond acceptors (Lipinski definition) is 4. The zero-order valence-corrected chi connectivity index (χ0v) is 12.6. The molecule has 0 aromatic heterocycles. The van der Waals surface area contributed by atoms with E-state index in [9.17, 15) is 4.79 Å². The molecule has 1 atom stereocenters. The highest BCUT2D eigenvalue weighted by Gasteiger charge is 2.30. The molecule has 110 valence electrons. The first-order valence-corrected chi connectivity index (χ1v) is 7.30. The van der Waals surface area contributed by atoms with Gasteiger partial charge in [0.25, 0.3) is 0 Å². The lowest BCUT2D eigenvalue weighted by Crippen LogP contribution is -2.47. The van der Waals surface area contributed by atoms with E-state index in [-0.39, 0.29) is 12.0 Å². The maximum atomic E-state index is 12.0. The molecule has 20 heavy (non-hydrogen) atoms. The first-order valence-electron chi connectivity index (χ1n) is 7.30. The van der Waals surface area contributed by atoms with Crippen LogP contribution in [-0.4, -0.2) is 38.3 Å². The van der Waals surface area contributed by atoms with Crippen molar-refractivity contribution in [3.63, 3.8) is 0 Å². The molecule has 0 radical (unpaired) electrons. The van der Waals surface area contributed by atoms with Crippen LogP contribution in [0.25, 0.3) is 0 Å². The minimum atomic E-state index is -0.256. The number of benzene rings is 1. The average Bonchev–Trinajstić information content (AvgIpc) is 3.23. The first kappa shape index (κ1) is 14.9. The van der Waals surface area contributed by atoms with Crippen LogP contribution in [-0.2, 0) is 9.53 Å². The van der Waals surface area contributed by atoms with E-state index in [2.05, 4.69) is 41.4 Å². The summed E-state index contributed by atoms with van der Waals surface area (Å²) >= 11 is 0. The molecule has 1 aliphatic rings. The van der Waals surface area contributed by atoms with E-state index in [1.54, 1.807) is 0 Å². The zero-order chi connectivity index (χ0) is 14.5. The summed E-state index contributed by atoms with van der Waals surface area (Å²) in [4.78, 5) is 14.1. The Labute approximate surface area is 121 Å². The van der Waals surface area contributed by atoms with Gasteiger partial charge in [0, 0.05) is 25.3 Å². The van der Waals surface area contributed by atoms with Crippen LogP contribution in [0, 0.1) is 6.92 Å². The van der Waals surface area contributed by atoms with Gasteiger partial charge in [-0.3, -0.25) is 4.79 Å². The fourth-order valence-corrected chi connectivity index (χ4v) is 2.15. The number of nitrogens with one attached hydrogen (secondary N) is 1. The number of nitrogens with zero attached hydrogens (tertiary/aromatic N) is 1. The summed E-state index contributed by atoms with van der Waals surface area (Å²) < 4.78 is 5.16. The third-order valence-electron chi connectivity index (χ3n) is 3.52. The van der Waals surface area contributed by atoms with E-state index in [0.717, 1.165) is 18.5 Å². The van der Waals surface area contributed by atoms with Gasteiger partial charge in [0.15, 0.2) is 0 Å². The molecule has 1 fully saturated rings. The van der Waals surface area contributed by atoms with Crippen molar-refractivity contribution in [3.05, 3.63) is 29.8 Å². The molecule has 4 heteroatoms. The fraction of sp³-hybridized carbons (Fsp3) is 0.562. The first-order chi connectivity index (χ1) is 9.60. The predicted molar refractivity (Wildman–Crippen MR) is 81.0 cm³/mol. The Morgan fingerprint density at radius 1 is 1.40 bits per heavy atom. The lowest BCUT2D eigenvalue weighted by Gasteiger charge is -2.25. The van der Waals surface area contributed by atoms with Gasteiger partial charge in [-0.2, -0.15) is 0 Å². The van der Waals surface area contributed by atoms with Gasteiger partial charge in [0.2, 0.25) is 0 Å². The molecule has 1 unspecified atom stereocenters. The minimum Gasteiger partial charge on any atom is -0.465 e. The van der Waals surface area contributed by atoms with E-state index in [4.69, 9.17) is 4.74 Å².